The molecule has 13 heteroatoms. The third kappa shape index (κ3) is 12.1. The van der Waals surface area contributed by atoms with Crippen molar-refractivity contribution in [2.24, 2.45) is 0 Å². The molecule has 2 amide bonds. The van der Waals surface area contributed by atoms with Crippen LogP contribution in [-0.4, -0.2) is 190 Å². The van der Waals surface area contributed by atoms with Gasteiger partial charge in [-0.2, -0.15) is 0 Å². The van der Waals surface area contributed by atoms with Crippen LogP contribution in [-0.2, 0) is 17.6 Å². The van der Waals surface area contributed by atoms with Crippen LogP contribution in [0.2, 0.25) is 0 Å². The van der Waals surface area contributed by atoms with E-state index in [4.69, 9.17) is 0 Å². The monoisotopic (exact) mass is 967 g/mol. The van der Waals surface area contributed by atoms with Crippen molar-refractivity contribution in [1.82, 2.24) is 29.4 Å². The van der Waals surface area contributed by atoms with Crippen molar-refractivity contribution < 1.29 is 24.0 Å². The van der Waals surface area contributed by atoms with E-state index in [0.29, 0.717) is 80.5 Å². The number of anilines is 2. The van der Waals surface area contributed by atoms with Crippen molar-refractivity contribution in [2.45, 2.75) is 70.4 Å². The molecule has 3 aliphatic rings. The van der Waals surface area contributed by atoms with Gasteiger partial charge in [-0.05, 0) is 151 Å². The summed E-state index contributed by atoms with van der Waals surface area (Å²) in [5, 5.41) is 0. The highest BCUT2D eigenvalue weighted by Crippen LogP contribution is 2.31. The Morgan fingerprint density at radius 1 is 0.465 bits per heavy atom. The van der Waals surface area contributed by atoms with Gasteiger partial charge in [0.15, 0.2) is 11.6 Å². The maximum atomic E-state index is 14.4. The van der Waals surface area contributed by atoms with Gasteiger partial charge in [-0.1, -0.05) is 45.0 Å². The third-order valence-corrected chi connectivity index (χ3v) is 15.8. The molecule has 0 aliphatic carbocycles. The van der Waals surface area contributed by atoms with E-state index in [9.17, 15) is 24.0 Å². The number of nitrogens with zero attached hydrogens (tertiary/aromatic N) is 8. The fourth-order valence-electron chi connectivity index (χ4n) is 11.0. The lowest BCUT2D eigenvalue weighted by atomic mass is 9.80. The largest absolute Gasteiger partial charge is 0.369 e. The lowest BCUT2D eigenvalue weighted by Crippen LogP contribution is -2.52. The van der Waals surface area contributed by atoms with Crippen molar-refractivity contribution in [3.05, 3.63) is 130 Å². The fraction of sp³-hybridized carbons (Fsp3) is 0.500. The molecule has 0 N–H and O–H groups in total. The molecule has 4 aromatic carbocycles. The number of piperazine rings is 3. The summed E-state index contributed by atoms with van der Waals surface area (Å²) >= 11 is 0. The summed E-state index contributed by atoms with van der Waals surface area (Å²) in [6.07, 6.45) is 4.96. The standard InChI is InChI=1S/C58H78N8O5/c1-8-28-61-30-34-63(35-31-61)51-24-20-47(21-25-51)53(68)57(9-2,59(4)5)43-45-12-16-49(17-13-45)55(70)65-38-40-66(41-39-65)56(71)50-18-14-46(15-19-50)44-58(10-3,60(6)7)54(69)48-22-26-52(27-23-48)64-36-32-62(33-37-64)29-11-42-67/h12-27,42H,8-11,28-41,43-44H2,1-7H3. The van der Waals surface area contributed by atoms with E-state index in [0.717, 1.165) is 94.2 Å². The number of Topliss-reactive ketones (excluding diaryl/α,β-unsaturated/α-hetero) is 2. The predicted octanol–water partition coefficient (Wildman–Crippen LogP) is 6.80. The molecule has 3 fully saturated rings. The van der Waals surface area contributed by atoms with Crippen LogP contribution in [0.15, 0.2) is 97.1 Å². The van der Waals surface area contributed by atoms with E-state index in [1.54, 1.807) is 0 Å². The quantitative estimate of drug-likeness (QED) is 0.0650. The number of hydrogen-bond donors (Lipinski definition) is 0. The van der Waals surface area contributed by atoms with Crippen LogP contribution < -0.4 is 9.80 Å². The van der Waals surface area contributed by atoms with Crippen LogP contribution in [0.5, 0.6) is 0 Å². The molecule has 380 valence electrons. The van der Waals surface area contributed by atoms with E-state index in [2.05, 4.69) is 52.5 Å². The zero-order chi connectivity index (χ0) is 50.7. The maximum absolute atomic E-state index is 14.4. The van der Waals surface area contributed by atoms with E-state index in [1.807, 2.05) is 133 Å². The van der Waals surface area contributed by atoms with Crippen LogP contribution >= 0.6 is 0 Å². The van der Waals surface area contributed by atoms with Gasteiger partial charge in [-0.3, -0.25) is 38.8 Å². The van der Waals surface area contributed by atoms with Crippen molar-refractivity contribution >= 4 is 41.0 Å². The number of ketones is 2. The van der Waals surface area contributed by atoms with E-state index in [1.165, 1.54) is 6.42 Å². The third-order valence-electron chi connectivity index (χ3n) is 15.8. The first-order chi connectivity index (χ1) is 34.2. The molecule has 0 bridgehead atoms. The minimum absolute atomic E-state index is 0.0672. The van der Waals surface area contributed by atoms with Crippen molar-refractivity contribution in [2.75, 3.05) is 130 Å². The highest BCUT2D eigenvalue weighted by Gasteiger charge is 2.41. The molecule has 0 aromatic heterocycles. The van der Waals surface area contributed by atoms with Gasteiger partial charge in [0.1, 0.15) is 6.29 Å². The first-order valence-electron chi connectivity index (χ1n) is 26.0. The molecular weight excluding hydrogens is 889 g/mol. The summed E-state index contributed by atoms with van der Waals surface area (Å²) in [6, 6.07) is 31.4. The van der Waals surface area contributed by atoms with Gasteiger partial charge in [0, 0.05) is 125 Å². The minimum Gasteiger partial charge on any atom is -0.369 e. The maximum Gasteiger partial charge on any atom is 0.253 e. The van der Waals surface area contributed by atoms with E-state index < -0.39 is 11.1 Å². The molecule has 3 saturated heterocycles. The van der Waals surface area contributed by atoms with Gasteiger partial charge in [0.25, 0.3) is 11.8 Å². The van der Waals surface area contributed by atoms with Crippen molar-refractivity contribution in [3.63, 3.8) is 0 Å². The molecule has 0 radical (unpaired) electrons. The molecule has 4 aromatic rings. The average Bonchev–Trinajstić information content (AvgIpc) is 3.41. The number of aldehydes is 1. The molecule has 2 unspecified atom stereocenters. The minimum atomic E-state index is -0.774. The van der Waals surface area contributed by atoms with Crippen molar-refractivity contribution in [1.29, 1.82) is 0 Å². The molecule has 0 saturated carbocycles. The average molecular weight is 967 g/mol. The molecule has 71 heavy (non-hydrogen) atoms. The molecular formula is C58H78N8O5. The highest BCUT2D eigenvalue weighted by molar-refractivity contribution is 6.04. The first kappa shape index (κ1) is 53.1. The Morgan fingerprint density at radius 2 is 0.803 bits per heavy atom. The smallest absolute Gasteiger partial charge is 0.253 e. The number of likely N-dealkylation sites (N-methyl/N-ethyl adjacent to an activating group) is 2. The number of hydrogen-bond acceptors (Lipinski definition) is 11. The summed E-state index contributed by atoms with van der Waals surface area (Å²) in [5.41, 5.74) is 5.23. The Morgan fingerprint density at radius 3 is 1.11 bits per heavy atom. The zero-order valence-electron chi connectivity index (χ0n) is 43.6. The number of carbonyl (C=O) groups is 5. The van der Waals surface area contributed by atoms with Crippen LogP contribution in [0.4, 0.5) is 11.4 Å². The number of benzene rings is 4. The Hall–Kier alpha value is -5.73. The summed E-state index contributed by atoms with van der Waals surface area (Å²) in [5.74, 6) is 0.0129. The van der Waals surface area contributed by atoms with Gasteiger partial charge in [0.2, 0.25) is 0 Å². The topological polar surface area (TPSA) is 111 Å². The van der Waals surface area contributed by atoms with Gasteiger partial charge in [0.05, 0.1) is 11.1 Å². The van der Waals surface area contributed by atoms with Gasteiger partial charge >= 0.3 is 0 Å². The van der Waals surface area contributed by atoms with Crippen LogP contribution in [0.1, 0.15) is 99.0 Å². The summed E-state index contributed by atoms with van der Waals surface area (Å²) < 4.78 is 0. The Kier molecular flexibility index (Phi) is 18.0. The van der Waals surface area contributed by atoms with E-state index >= 15 is 0 Å². The molecule has 2 atom stereocenters. The van der Waals surface area contributed by atoms with Crippen LogP contribution in [0.25, 0.3) is 0 Å². The Bertz CT molecular complexity index is 2400. The van der Waals surface area contributed by atoms with Gasteiger partial charge in [-0.15, -0.1) is 0 Å². The molecule has 7 rings (SSSR count). The Balaban J connectivity index is 0.913. The normalized spacial score (nSPS) is 17.8. The highest BCUT2D eigenvalue weighted by atomic mass is 16.2. The molecule has 13 nitrogen and oxygen atoms in total. The zero-order valence-corrected chi connectivity index (χ0v) is 43.6. The number of rotatable bonds is 21. The second kappa shape index (κ2) is 24.1. The SMILES string of the molecule is CCCN1CCN(c2ccc(C(=O)C(CC)(Cc3ccc(C(=O)N4CCN(C(=O)c5ccc(CC(CC)(C(=O)c6ccc(N7CCN(CCC=O)CC7)cc6)N(C)C)cc5)CC4)cc3)N(C)C)cc2)CC1. The molecule has 0 spiro atoms. The second-order valence-corrected chi connectivity index (χ2v) is 20.3. The van der Waals surface area contributed by atoms with E-state index in [-0.39, 0.29) is 23.4 Å². The summed E-state index contributed by atoms with van der Waals surface area (Å²) in [6.45, 7) is 17.7. The number of amides is 2. The van der Waals surface area contributed by atoms with Crippen LogP contribution in [0.3, 0.4) is 0 Å². The lowest BCUT2D eigenvalue weighted by molar-refractivity contribution is -0.108. The Labute approximate surface area is 423 Å². The summed E-state index contributed by atoms with van der Waals surface area (Å²) in [4.78, 5) is 84.3. The molecule has 3 aliphatic heterocycles. The van der Waals surface area contributed by atoms with Gasteiger partial charge in [-0.25, -0.2) is 0 Å². The first-order valence-corrected chi connectivity index (χ1v) is 26.0. The van der Waals surface area contributed by atoms with Gasteiger partial charge < -0.3 is 24.4 Å². The predicted molar refractivity (Wildman–Crippen MR) is 285 cm³/mol. The molecule has 3 heterocycles. The summed E-state index contributed by atoms with van der Waals surface area (Å²) in [7, 11) is 7.87. The lowest BCUT2D eigenvalue weighted by Gasteiger charge is -2.38. The number of carbonyl (C=O) groups excluding carboxylic acids is 5. The second-order valence-electron chi connectivity index (χ2n) is 20.3. The van der Waals surface area contributed by atoms with Crippen LogP contribution in [0, 0.1) is 0 Å². The fourth-order valence-corrected chi connectivity index (χ4v) is 11.0. The van der Waals surface area contributed by atoms with Crippen molar-refractivity contribution in [3.8, 4) is 0 Å².